The highest BCUT2D eigenvalue weighted by atomic mass is 16.2. The van der Waals surface area contributed by atoms with Gasteiger partial charge in [-0.15, -0.1) is 0 Å². The number of rotatable bonds is 7. The second-order valence-corrected chi connectivity index (χ2v) is 4.14. The maximum atomic E-state index is 11.4. The molecule has 6 heteroatoms. The van der Waals surface area contributed by atoms with Gasteiger partial charge in [0.05, 0.1) is 0 Å². The second-order valence-electron chi connectivity index (χ2n) is 4.14. The van der Waals surface area contributed by atoms with Gasteiger partial charge in [0.1, 0.15) is 6.54 Å². The van der Waals surface area contributed by atoms with Gasteiger partial charge in [-0.1, -0.05) is 32.6 Å². The number of nitrogens with zero attached hydrogens (tertiary/aromatic N) is 1. The predicted octanol–water partition coefficient (Wildman–Crippen LogP) is 0.930. The fraction of sp³-hybridized carbons (Fsp3) is 0.727. The van der Waals surface area contributed by atoms with E-state index in [0.717, 1.165) is 24.3 Å². The molecule has 0 radical (unpaired) electrons. The minimum atomic E-state index is -0.561. The smallest absolute Gasteiger partial charge is 0.275 e. The molecule has 0 aromatic heterocycles. The zero-order chi connectivity index (χ0) is 12.7. The van der Waals surface area contributed by atoms with Gasteiger partial charge in [-0.05, 0) is 6.42 Å². The molecule has 6 nitrogen and oxygen atoms in total. The molecule has 0 aromatic rings. The third kappa shape index (κ3) is 4.84. The first-order chi connectivity index (χ1) is 8.13. The van der Waals surface area contributed by atoms with Crippen LogP contribution >= 0.6 is 0 Å². The molecule has 96 valence electrons. The fourth-order valence-corrected chi connectivity index (χ4v) is 1.63. The molecule has 0 aromatic carbocycles. The number of amides is 4. The lowest BCUT2D eigenvalue weighted by atomic mass is 10.1. The fourth-order valence-electron chi connectivity index (χ4n) is 1.63. The quantitative estimate of drug-likeness (QED) is 0.514. The normalized spacial score (nSPS) is 15.0. The van der Waals surface area contributed by atoms with E-state index < -0.39 is 11.9 Å². The van der Waals surface area contributed by atoms with Gasteiger partial charge in [-0.2, -0.15) is 0 Å². The summed E-state index contributed by atoms with van der Waals surface area (Å²) >= 11 is 0. The molecule has 2 N–H and O–H groups in total. The molecule has 0 unspecified atom stereocenters. The number of nitrogens with one attached hydrogen (secondary N) is 2. The summed E-state index contributed by atoms with van der Waals surface area (Å²) < 4.78 is 0. The van der Waals surface area contributed by atoms with E-state index in [1.807, 2.05) is 0 Å². The summed E-state index contributed by atoms with van der Waals surface area (Å²) in [6.07, 6.45) is 5.71. The molecule has 0 aliphatic carbocycles. The summed E-state index contributed by atoms with van der Waals surface area (Å²) in [5.41, 5.74) is 2.41. The van der Waals surface area contributed by atoms with Gasteiger partial charge in [0.25, 0.3) is 0 Å². The SMILES string of the molecule is CCCCCCCC(=O)NN1CC(=O)NC1=O. The molecule has 0 saturated carbocycles. The van der Waals surface area contributed by atoms with Crippen molar-refractivity contribution in [1.82, 2.24) is 15.8 Å². The maximum absolute atomic E-state index is 11.4. The number of carbonyl (C=O) groups is 3. The Hall–Kier alpha value is -1.59. The van der Waals surface area contributed by atoms with Gasteiger partial charge >= 0.3 is 6.03 Å². The van der Waals surface area contributed by atoms with Gasteiger partial charge in [-0.25, -0.2) is 9.80 Å². The monoisotopic (exact) mass is 241 g/mol. The summed E-state index contributed by atoms with van der Waals surface area (Å²) in [5.74, 6) is -0.607. The Kier molecular flexibility index (Phi) is 5.45. The van der Waals surface area contributed by atoms with Crippen molar-refractivity contribution < 1.29 is 14.4 Å². The van der Waals surface area contributed by atoms with Crippen LogP contribution in [-0.2, 0) is 9.59 Å². The second kappa shape index (κ2) is 6.88. The molecule has 4 amide bonds. The van der Waals surface area contributed by atoms with Crippen LogP contribution in [-0.4, -0.2) is 29.4 Å². The Morgan fingerprint density at radius 1 is 1.29 bits per heavy atom. The van der Waals surface area contributed by atoms with Crippen molar-refractivity contribution >= 4 is 17.8 Å². The highest BCUT2D eigenvalue weighted by Gasteiger charge is 2.27. The van der Waals surface area contributed by atoms with Crippen LogP contribution in [0.2, 0.25) is 0 Å². The van der Waals surface area contributed by atoms with E-state index in [9.17, 15) is 14.4 Å². The lowest BCUT2D eigenvalue weighted by Crippen LogP contribution is -2.44. The number of carbonyl (C=O) groups excluding carboxylic acids is 3. The predicted molar refractivity (Wildman–Crippen MR) is 61.8 cm³/mol. The van der Waals surface area contributed by atoms with Gasteiger partial charge in [0.2, 0.25) is 11.8 Å². The van der Waals surface area contributed by atoms with Crippen molar-refractivity contribution in [3.05, 3.63) is 0 Å². The number of unbranched alkanes of at least 4 members (excludes halogenated alkanes) is 4. The summed E-state index contributed by atoms with van der Waals surface area (Å²) in [6, 6.07) is -0.561. The van der Waals surface area contributed by atoms with Gasteiger partial charge in [0, 0.05) is 6.42 Å². The number of imide groups is 1. The number of hydrazine groups is 1. The topological polar surface area (TPSA) is 78.5 Å². The zero-order valence-electron chi connectivity index (χ0n) is 10.1. The summed E-state index contributed by atoms with van der Waals surface area (Å²) in [4.78, 5) is 33.4. The third-order valence-electron chi connectivity index (χ3n) is 2.56. The first-order valence-corrected chi connectivity index (χ1v) is 6.04. The Morgan fingerprint density at radius 2 is 2.00 bits per heavy atom. The Morgan fingerprint density at radius 3 is 2.59 bits per heavy atom. The minimum absolute atomic E-state index is 0.0968. The first kappa shape index (κ1) is 13.5. The van der Waals surface area contributed by atoms with Crippen molar-refractivity contribution in [3.8, 4) is 0 Å². The van der Waals surface area contributed by atoms with Crippen LogP contribution in [0.3, 0.4) is 0 Å². The third-order valence-corrected chi connectivity index (χ3v) is 2.56. The first-order valence-electron chi connectivity index (χ1n) is 6.04. The molecule has 0 bridgehead atoms. The Labute approximate surface area is 101 Å². The summed E-state index contributed by atoms with van der Waals surface area (Å²) in [7, 11) is 0. The van der Waals surface area contributed by atoms with E-state index in [1.165, 1.54) is 12.8 Å². The van der Waals surface area contributed by atoms with E-state index in [1.54, 1.807) is 0 Å². The molecular formula is C11H19N3O3. The van der Waals surface area contributed by atoms with E-state index in [-0.39, 0.29) is 12.5 Å². The Balaban J connectivity index is 2.12. The summed E-state index contributed by atoms with van der Waals surface area (Å²) in [5, 5.41) is 3.10. The molecule has 1 heterocycles. The van der Waals surface area contributed by atoms with Crippen LogP contribution in [0.15, 0.2) is 0 Å². The van der Waals surface area contributed by atoms with Crippen LogP contribution < -0.4 is 10.7 Å². The van der Waals surface area contributed by atoms with E-state index in [2.05, 4.69) is 17.7 Å². The molecule has 17 heavy (non-hydrogen) atoms. The average Bonchev–Trinajstić information content (AvgIpc) is 2.57. The largest absolute Gasteiger partial charge is 0.343 e. The highest BCUT2D eigenvalue weighted by molar-refractivity contribution is 6.02. The van der Waals surface area contributed by atoms with E-state index in [0.29, 0.717) is 6.42 Å². The van der Waals surface area contributed by atoms with Crippen LogP contribution in [0.4, 0.5) is 4.79 Å². The molecule has 1 rings (SSSR count). The van der Waals surface area contributed by atoms with E-state index in [4.69, 9.17) is 0 Å². The molecular weight excluding hydrogens is 222 g/mol. The van der Waals surface area contributed by atoms with Crippen molar-refractivity contribution in [3.63, 3.8) is 0 Å². The zero-order valence-corrected chi connectivity index (χ0v) is 10.1. The van der Waals surface area contributed by atoms with Crippen molar-refractivity contribution in [2.45, 2.75) is 45.4 Å². The molecule has 1 aliphatic heterocycles. The lowest BCUT2D eigenvalue weighted by molar-refractivity contribution is -0.125. The number of urea groups is 1. The van der Waals surface area contributed by atoms with Crippen molar-refractivity contribution in [2.75, 3.05) is 6.54 Å². The van der Waals surface area contributed by atoms with Crippen molar-refractivity contribution in [2.24, 2.45) is 0 Å². The lowest BCUT2D eigenvalue weighted by Gasteiger charge is -2.14. The number of hydrogen-bond acceptors (Lipinski definition) is 3. The van der Waals surface area contributed by atoms with Crippen LogP contribution in [0.25, 0.3) is 0 Å². The molecule has 0 spiro atoms. The van der Waals surface area contributed by atoms with Crippen LogP contribution in [0, 0.1) is 0 Å². The molecule has 1 fully saturated rings. The van der Waals surface area contributed by atoms with Crippen LogP contribution in [0.5, 0.6) is 0 Å². The van der Waals surface area contributed by atoms with Gasteiger partial charge in [0.15, 0.2) is 0 Å². The number of hydrogen-bond donors (Lipinski definition) is 2. The minimum Gasteiger partial charge on any atom is -0.275 e. The van der Waals surface area contributed by atoms with Gasteiger partial charge in [-0.3, -0.25) is 20.3 Å². The van der Waals surface area contributed by atoms with Crippen molar-refractivity contribution in [1.29, 1.82) is 0 Å². The molecule has 0 atom stereocenters. The maximum Gasteiger partial charge on any atom is 0.343 e. The van der Waals surface area contributed by atoms with Crippen LogP contribution in [0.1, 0.15) is 45.4 Å². The summed E-state index contributed by atoms with van der Waals surface area (Å²) in [6.45, 7) is 2.04. The standard InChI is InChI=1S/C11H19N3O3/c1-2-3-4-5-6-7-9(15)13-14-8-10(16)12-11(14)17/h2-8H2,1H3,(H,13,15)(H,12,16,17). The molecule has 1 aliphatic rings. The Bertz CT molecular complexity index is 304. The van der Waals surface area contributed by atoms with Gasteiger partial charge < -0.3 is 0 Å². The molecule has 1 saturated heterocycles. The van der Waals surface area contributed by atoms with E-state index >= 15 is 0 Å². The average molecular weight is 241 g/mol. The highest BCUT2D eigenvalue weighted by Crippen LogP contribution is 2.05.